The predicted molar refractivity (Wildman–Crippen MR) is 76.3 cm³/mol. The molecular formula is C15H30N2O. The van der Waals surface area contributed by atoms with Crippen LogP contribution in [0.5, 0.6) is 0 Å². The summed E-state index contributed by atoms with van der Waals surface area (Å²) in [6.45, 7) is 7.97. The summed E-state index contributed by atoms with van der Waals surface area (Å²) in [5.74, 6) is 1.29. The van der Waals surface area contributed by atoms with Crippen LogP contribution in [-0.4, -0.2) is 29.9 Å². The minimum absolute atomic E-state index is 0.320. The highest BCUT2D eigenvalue weighted by molar-refractivity contribution is 5.76. The van der Waals surface area contributed by atoms with Crippen LogP contribution in [0.3, 0.4) is 0 Å². The topological polar surface area (TPSA) is 46.3 Å². The molecule has 3 nitrogen and oxygen atoms in total. The Bertz CT molecular complexity index is 247. The number of rotatable bonds is 7. The molecular weight excluding hydrogens is 224 g/mol. The van der Waals surface area contributed by atoms with E-state index in [4.69, 9.17) is 5.73 Å². The van der Waals surface area contributed by atoms with Crippen molar-refractivity contribution in [1.29, 1.82) is 0 Å². The summed E-state index contributed by atoms with van der Waals surface area (Å²) in [6, 6.07) is 0.500. The highest BCUT2D eigenvalue weighted by Crippen LogP contribution is 2.25. The number of carbonyl (C=O) groups is 1. The first-order valence-corrected chi connectivity index (χ1v) is 7.58. The van der Waals surface area contributed by atoms with Gasteiger partial charge in [0, 0.05) is 19.0 Å². The third-order valence-corrected chi connectivity index (χ3v) is 4.03. The van der Waals surface area contributed by atoms with Crippen LogP contribution in [0.15, 0.2) is 0 Å². The van der Waals surface area contributed by atoms with Gasteiger partial charge in [0.1, 0.15) is 0 Å². The third-order valence-electron chi connectivity index (χ3n) is 4.03. The van der Waals surface area contributed by atoms with Crippen LogP contribution in [0.1, 0.15) is 59.3 Å². The van der Waals surface area contributed by atoms with Crippen molar-refractivity contribution < 1.29 is 4.79 Å². The van der Waals surface area contributed by atoms with Gasteiger partial charge in [0.15, 0.2) is 0 Å². The molecule has 1 unspecified atom stereocenters. The predicted octanol–water partition coefficient (Wildman–Crippen LogP) is 2.79. The average molecular weight is 254 g/mol. The fraction of sp³-hybridized carbons (Fsp3) is 0.933. The van der Waals surface area contributed by atoms with Crippen molar-refractivity contribution in [2.24, 2.45) is 17.6 Å². The van der Waals surface area contributed by atoms with E-state index in [1.54, 1.807) is 0 Å². The molecule has 0 aromatic heterocycles. The maximum absolute atomic E-state index is 12.4. The first-order chi connectivity index (χ1) is 8.58. The van der Waals surface area contributed by atoms with Gasteiger partial charge in [-0.2, -0.15) is 0 Å². The van der Waals surface area contributed by atoms with Crippen molar-refractivity contribution in [2.45, 2.75) is 65.3 Å². The highest BCUT2D eigenvalue weighted by atomic mass is 16.2. The lowest BCUT2D eigenvalue weighted by Crippen LogP contribution is -2.40. The van der Waals surface area contributed by atoms with Crippen molar-refractivity contribution in [3.8, 4) is 0 Å². The third kappa shape index (κ3) is 4.60. The second kappa shape index (κ2) is 7.78. The lowest BCUT2D eigenvalue weighted by molar-refractivity contribution is -0.134. The van der Waals surface area contributed by atoms with Crippen molar-refractivity contribution in [3.63, 3.8) is 0 Å². The first kappa shape index (κ1) is 15.5. The summed E-state index contributed by atoms with van der Waals surface area (Å²) in [6.07, 6.45) is 6.64. The Balaban J connectivity index is 2.49. The fourth-order valence-electron chi connectivity index (χ4n) is 3.15. The highest BCUT2D eigenvalue weighted by Gasteiger charge is 2.26. The number of nitrogens with two attached hydrogens (primary N) is 1. The molecule has 1 fully saturated rings. The summed E-state index contributed by atoms with van der Waals surface area (Å²) >= 11 is 0. The van der Waals surface area contributed by atoms with Gasteiger partial charge in [0.25, 0.3) is 0 Å². The molecule has 1 aliphatic carbocycles. The molecule has 0 bridgehead atoms. The lowest BCUT2D eigenvalue weighted by atomic mass is 9.93. The van der Waals surface area contributed by atoms with Gasteiger partial charge in [-0.05, 0) is 44.6 Å². The van der Waals surface area contributed by atoms with Crippen LogP contribution in [0.2, 0.25) is 0 Å². The molecule has 0 aliphatic heterocycles. The van der Waals surface area contributed by atoms with Crippen LogP contribution in [0, 0.1) is 11.8 Å². The molecule has 1 atom stereocenters. The Morgan fingerprint density at radius 2 is 1.94 bits per heavy atom. The van der Waals surface area contributed by atoms with E-state index in [1.165, 1.54) is 25.7 Å². The Morgan fingerprint density at radius 1 is 1.33 bits per heavy atom. The van der Waals surface area contributed by atoms with Crippen LogP contribution >= 0.6 is 0 Å². The van der Waals surface area contributed by atoms with Crippen LogP contribution < -0.4 is 5.73 Å². The number of hydrogen-bond donors (Lipinski definition) is 1. The molecule has 2 N–H and O–H groups in total. The zero-order chi connectivity index (χ0) is 13.5. The van der Waals surface area contributed by atoms with Gasteiger partial charge in [0.05, 0.1) is 0 Å². The molecule has 1 saturated carbocycles. The van der Waals surface area contributed by atoms with E-state index in [0.717, 1.165) is 13.0 Å². The van der Waals surface area contributed by atoms with Crippen LogP contribution in [-0.2, 0) is 4.79 Å². The van der Waals surface area contributed by atoms with Crippen molar-refractivity contribution in [3.05, 3.63) is 0 Å². The monoisotopic (exact) mass is 254 g/mol. The van der Waals surface area contributed by atoms with Gasteiger partial charge in [-0.3, -0.25) is 4.79 Å². The second-order valence-corrected chi connectivity index (χ2v) is 6.05. The number of hydrogen-bond acceptors (Lipinski definition) is 2. The van der Waals surface area contributed by atoms with Crippen LogP contribution in [0.4, 0.5) is 0 Å². The standard InChI is InChI=1S/C15H30N2O/c1-4-17(14-7-5-6-8-14)15(18)10-13(11-16)9-12(2)3/h12-14H,4-11,16H2,1-3H3. The molecule has 0 spiro atoms. The van der Waals surface area contributed by atoms with Crippen molar-refractivity contribution >= 4 is 5.91 Å². The Hall–Kier alpha value is -0.570. The van der Waals surface area contributed by atoms with Crippen molar-refractivity contribution in [2.75, 3.05) is 13.1 Å². The summed E-state index contributed by atoms with van der Waals surface area (Å²) < 4.78 is 0. The van der Waals surface area contributed by atoms with Gasteiger partial charge in [-0.1, -0.05) is 26.7 Å². The smallest absolute Gasteiger partial charge is 0.223 e. The number of carbonyl (C=O) groups excluding carboxylic acids is 1. The largest absolute Gasteiger partial charge is 0.340 e. The fourth-order valence-corrected chi connectivity index (χ4v) is 3.15. The molecule has 1 rings (SSSR count). The van der Waals surface area contributed by atoms with Gasteiger partial charge in [-0.15, -0.1) is 0 Å². The maximum atomic E-state index is 12.4. The molecule has 1 amide bonds. The van der Waals surface area contributed by atoms with E-state index in [2.05, 4.69) is 25.7 Å². The number of amides is 1. The Morgan fingerprint density at radius 3 is 2.39 bits per heavy atom. The van der Waals surface area contributed by atoms with E-state index in [1.807, 2.05) is 0 Å². The maximum Gasteiger partial charge on any atom is 0.223 e. The Labute approximate surface area is 112 Å². The molecule has 1 aliphatic rings. The zero-order valence-electron chi connectivity index (χ0n) is 12.3. The molecule has 3 heteroatoms. The molecule has 0 aromatic carbocycles. The zero-order valence-corrected chi connectivity index (χ0v) is 12.3. The summed E-state index contributed by atoms with van der Waals surface area (Å²) in [4.78, 5) is 14.5. The lowest BCUT2D eigenvalue weighted by Gasteiger charge is -2.29. The summed E-state index contributed by atoms with van der Waals surface area (Å²) in [5, 5.41) is 0. The SMILES string of the molecule is CCN(C(=O)CC(CN)CC(C)C)C1CCCC1. The molecule has 18 heavy (non-hydrogen) atoms. The van der Waals surface area contributed by atoms with E-state index >= 15 is 0 Å². The first-order valence-electron chi connectivity index (χ1n) is 7.58. The minimum atomic E-state index is 0.320. The Kier molecular flexibility index (Phi) is 6.69. The minimum Gasteiger partial charge on any atom is -0.340 e. The average Bonchev–Trinajstić information content (AvgIpc) is 2.82. The molecule has 0 radical (unpaired) electrons. The normalized spacial score (nSPS) is 18.3. The quantitative estimate of drug-likeness (QED) is 0.759. The molecule has 0 saturated heterocycles. The van der Waals surface area contributed by atoms with Crippen LogP contribution in [0.25, 0.3) is 0 Å². The van der Waals surface area contributed by atoms with E-state index in [0.29, 0.717) is 36.8 Å². The second-order valence-electron chi connectivity index (χ2n) is 6.05. The van der Waals surface area contributed by atoms with E-state index in [9.17, 15) is 4.79 Å². The van der Waals surface area contributed by atoms with E-state index < -0.39 is 0 Å². The van der Waals surface area contributed by atoms with E-state index in [-0.39, 0.29) is 0 Å². The summed E-state index contributed by atoms with van der Waals surface area (Å²) in [5.41, 5.74) is 5.79. The van der Waals surface area contributed by atoms with Gasteiger partial charge in [0.2, 0.25) is 5.91 Å². The molecule has 106 valence electrons. The molecule has 0 aromatic rings. The van der Waals surface area contributed by atoms with Gasteiger partial charge >= 0.3 is 0 Å². The van der Waals surface area contributed by atoms with Crippen molar-refractivity contribution in [1.82, 2.24) is 4.90 Å². The molecule has 0 heterocycles. The van der Waals surface area contributed by atoms with Gasteiger partial charge < -0.3 is 10.6 Å². The number of nitrogens with zero attached hydrogens (tertiary/aromatic N) is 1. The van der Waals surface area contributed by atoms with Gasteiger partial charge in [-0.25, -0.2) is 0 Å². The summed E-state index contributed by atoms with van der Waals surface area (Å²) in [7, 11) is 0.